The van der Waals surface area contributed by atoms with E-state index in [0.29, 0.717) is 6.04 Å². The summed E-state index contributed by atoms with van der Waals surface area (Å²) in [5, 5.41) is 3.37. The lowest BCUT2D eigenvalue weighted by molar-refractivity contribution is 0.613. The second-order valence-corrected chi connectivity index (χ2v) is 4.61. The van der Waals surface area contributed by atoms with Crippen molar-refractivity contribution in [1.82, 2.24) is 9.97 Å². The first-order valence-electron chi connectivity index (χ1n) is 5.46. The molecule has 84 valence electrons. The summed E-state index contributed by atoms with van der Waals surface area (Å²) < 4.78 is 0.923. The third kappa shape index (κ3) is 4.60. The summed E-state index contributed by atoms with van der Waals surface area (Å²) >= 11 is 3.42. The predicted octanol–water partition coefficient (Wildman–Crippen LogP) is 3.62. The van der Waals surface area contributed by atoms with E-state index in [0.717, 1.165) is 10.3 Å². The van der Waals surface area contributed by atoms with Crippen molar-refractivity contribution < 1.29 is 0 Å². The minimum absolute atomic E-state index is 0.461. The van der Waals surface area contributed by atoms with Gasteiger partial charge < -0.3 is 5.32 Å². The maximum atomic E-state index is 4.18. The number of hydrogen-bond acceptors (Lipinski definition) is 3. The molecule has 0 radical (unpaired) electrons. The average molecular weight is 272 g/mol. The first kappa shape index (κ1) is 12.4. The largest absolute Gasteiger partial charge is 0.367 e. The number of halogens is 1. The molecule has 1 aromatic heterocycles. The zero-order chi connectivity index (χ0) is 11.1. The first-order chi connectivity index (χ1) is 7.24. The highest BCUT2D eigenvalue weighted by Crippen LogP contribution is 2.19. The lowest BCUT2D eigenvalue weighted by Crippen LogP contribution is -2.16. The van der Waals surface area contributed by atoms with Crippen molar-refractivity contribution >= 4 is 21.7 Å². The van der Waals surface area contributed by atoms with Gasteiger partial charge in [-0.3, -0.25) is 0 Å². The molecule has 0 spiro atoms. The van der Waals surface area contributed by atoms with Gasteiger partial charge in [-0.15, -0.1) is 0 Å². The van der Waals surface area contributed by atoms with Crippen molar-refractivity contribution in [2.24, 2.45) is 0 Å². The van der Waals surface area contributed by atoms with Gasteiger partial charge in [0.25, 0.3) is 0 Å². The summed E-state index contributed by atoms with van der Waals surface area (Å²) in [5.41, 5.74) is 0. The Labute approximate surface area is 99.8 Å². The van der Waals surface area contributed by atoms with E-state index in [9.17, 15) is 0 Å². The molecule has 1 aromatic rings. The van der Waals surface area contributed by atoms with Gasteiger partial charge in [0.05, 0.1) is 4.47 Å². The van der Waals surface area contributed by atoms with Crippen LogP contribution in [0.25, 0.3) is 0 Å². The van der Waals surface area contributed by atoms with Crippen molar-refractivity contribution in [3.63, 3.8) is 0 Å². The Balaban J connectivity index is 2.37. The monoisotopic (exact) mass is 271 g/mol. The Morgan fingerprint density at radius 2 is 2.27 bits per heavy atom. The van der Waals surface area contributed by atoms with Gasteiger partial charge in [-0.25, -0.2) is 9.97 Å². The summed E-state index contributed by atoms with van der Waals surface area (Å²) in [6.45, 7) is 4.41. The van der Waals surface area contributed by atoms with Crippen molar-refractivity contribution in [1.29, 1.82) is 0 Å². The molecule has 1 heterocycles. The summed E-state index contributed by atoms with van der Waals surface area (Å²) in [5.74, 6) is 0.883. The molecule has 1 N–H and O–H groups in total. The molecular weight excluding hydrogens is 254 g/mol. The molecule has 0 aliphatic rings. The minimum atomic E-state index is 0.461. The van der Waals surface area contributed by atoms with Crippen LogP contribution in [0.2, 0.25) is 0 Å². The van der Waals surface area contributed by atoms with E-state index in [2.05, 4.69) is 45.1 Å². The Morgan fingerprint density at radius 3 is 2.93 bits per heavy atom. The molecule has 0 fully saturated rings. The molecule has 3 nitrogen and oxygen atoms in total. The average Bonchev–Trinajstić information content (AvgIpc) is 2.22. The second kappa shape index (κ2) is 6.77. The zero-order valence-electron chi connectivity index (χ0n) is 9.33. The number of rotatable bonds is 6. The van der Waals surface area contributed by atoms with Gasteiger partial charge in [-0.05, 0) is 29.3 Å². The van der Waals surface area contributed by atoms with Gasteiger partial charge in [0.1, 0.15) is 12.1 Å². The molecule has 1 atom stereocenters. The van der Waals surface area contributed by atoms with Crippen LogP contribution in [0.1, 0.15) is 39.5 Å². The van der Waals surface area contributed by atoms with Crippen LogP contribution in [0, 0.1) is 0 Å². The summed E-state index contributed by atoms with van der Waals surface area (Å²) in [6, 6.07) is 0.461. The normalized spacial score (nSPS) is 12.5. The Bertz CT molecular complexity index is 291. The van der Waals surface area contributed by atoms with Crippen LogP contribution in [0.15, 0.2) is 17.0 Å². The smallest absolute Gasteiger partial charge is 0.143 e. The molecule has 0 bridgehead atoms. The van der Waals surface area contributed by atoms with Crippen molar-refractivity contribution in [3.8, 4) is 0 Å². The third-order valence-corrected chi connectivity index (χ3v) is 2.87. The maximum Gasteiger partial charge on any atom is 0.143 e. The van der Waals surface area contributed by atoms with Crippen LogP contribution in [-0.2, 0) is 0 Å². The summed E-state index contributed by atoms with van der Waals surface area (Å²) in [7, 11) is 0. The first-order valence-corrected chi connectivity index (χ1v) is 6.25. The SMILES string of the molecule is CCCCCC(C)Nc1ncncc1Br. The number of unbranched alkanes of at least 4 members (excludes halogenated alkanes) is 2. The van der Waals surface area contributed by atoms with Gasteiger partial charge in [0.2, 0.25) is 0 Å². The molecule has 0 aromatic carbocycles. The number of nitrogens with zero attached hydrogens (tertiary/aromatic N) is 2. The summed E-state index contributed by atoms with van der Waals surface area (Å²) in [4.78, 5) is 8.11. The van der Waals surface area contributed by atoms with Gasteiger partial charge in [0.15, 0.2) is 0 Å². The molecule has 0 saturated carbocycles. The zero-order valence-corrected chi connectivity index (χ0v) is 10.9. The van der Waals surface area contributed by atoms with E-state index in [1.807, 2.05) is 0 Å². The minimum Gasteiger partial charge on any atom is -0.367 e. The molecular formula is C11H18BrN3. The number of hydrogen-bond donors (Lipinski definition) is 1. The van der Waals surface area contributed by atoms with Gasteiger partial charge >= 0.3 is 0 Å². The highest BCUT2D eigenvalue weighted by Gasteiger charge is 2.05. The van der Waals surface area contributed by atoms with Crippen LogP contribution in [-0.4, -0.2) is 16.0 Å². The number of anilines is 1. The quantitative estimate of drug-likeness (QED) is 0.804. The highest BCUT2D eigenvalue weighted by molar-refractivity contribution is 9.10. The van der Waals surface area contributed by atoms with Gasteiger partial charge in [-0.2, -0.15) is 0 Å². The lowest BCUT2D eigenvalue weighted by atomic mass is 10.1. The standard InChI is InChI=1S/C11H18BrN3/c1-3-4-5-6-9(2)15-11-10(12)7-13-8-14-11/h7-9H,3-6H2,1-2H3,(H,13,14,15). The Morgan fingerprint density at radius 1 is 1.47 bits per heavy atom. The van der Waals surface area contributed by atoms with E-state index in [1.165, 1.54) is 25.7 Å². The van der Waals surface area contributed by atoms with Crippen LogP contribution < -0.4 is 5.32 Å². The second-order valence-electron chi connectivity index (χ2n) is 3.76. The van der Waals surface area contributed by atoms with E-state index >= 15 is 0 Å². The highest BCUT2D eigenvalue weighted by atomic mass is 79.9. The predicted molar refractivity (Wildman–Crippen MR) is 67.0 cm³/mol. The molecule has 0 amide bonds. The van der Waals surface area contributed by atoms with E-state index in [4.69, 9.17) is 0 Å². The molecule has 1 rings (SSSR count). The fourth-order valence-corrected chi connectivity index (χ4v) is 1.76. The summed E-state index contributed by atoms with van der Waals surface area (Å²) in [6.07, 6.45) is 8.35. The van der Waals surface area contributed by atoms with Crippen molar-refractivity contribution in [3.05, 3.63) is 17.0 Å². The molecule has 0 aliphatic heterocycles. The molecule has 4 heteroatoms. The fraction of sp³-hybridized carbons (Fsp3) is 0.636. The lowest BCUT2D eigenvalue weighted by Gasteiger charge is -2.14. The number of nitrogens with one attached hydrogen (secondary N) is 1. The molecule has 0 aliphatic carbocycles. The maximum absolute atomic E-state index is 4.18. The van der Waals surface area contributed by atoms with Gasteiger partial charge in [-0.1, -0.05) is 26.2 Å². The van der Waals surface area contributed by atoms with Crippen LogP contribution >= 0.6 is 15.9 Å². The van der Waals surface area contributed by atoms with Crippen LogP contribution in [0.5, 0.6) is 0 Å². The van der Waals surface area contributed by atoms with Crippen molar-refractivity contribution in [2.45, 2.75) is 45.6 Å². The molecule has 1 unspecified atom stereocenters. The molecule has 15 heavy (non-hydrogen) atoms. The Kier molecular flexibility index (Phi) is 5.61. The van der Waals surface area contributed by atoms with Crippen LogP contribution in [0.4, 0.5) is 5.82 Å². The third-order valence-electron chi connectivity index (χ3n) is 2.29. The number of aromatic nitrogens is 2. The van der Waals surface area contributed by atoms with E-state index in [1.54, 1.807) is 12.5 Å². The van der Waals surface area contributed by atoms with E-state index in [-0.39, 0.29) is 0 Å². The van der Waals surface area contributed by atoms with E-state index < -0.39 is 0 Å². The fourth-order valence-electron chi connectivity index (χ4n) is 1.42. The van der Waals surface area contributed by atoms with Crippen molar-refractivity contribution in [2.75, 3.05) is 5.32 Å². The Hall–Kier alpha value is -0.640. The topological polar surface area (TPSA) is 37.8 Å². The van der Waals surface area contributed by atoms with Gasteiger partial charge in [0, 0.05) is 12.2 Å². The molecule has 0 saturated heterocycles. The van der Waals surface area contributed by atoms with Crippen LogP contribution in [0.3, 0.4) is 0 Å².